The van der Waals surface area contributed by atoms with Crippen LogP contribution in [-0.4, -0.2) is 25.0 Å². The smallest absolute Gasteiger partial charge is 0.224 e. The number of carbonyl (C=O) groups excluding carboxylic acids is 1. The molecular weight excluding hydrogens is 200 g/mol. The number of hydrogen-bond donors (Lipinski definition) is 2. The lowest BCUT2D eigenvalue weighted by Gasteiger charge is -2.28. The van der Waals surface area contributed by atoms with Crippen LogP contribution in [0.2, 0.25) is 0 Å². The molecule has 0 radical (unpaired) electrons. The van der Waals surface area contributed by atoms with Gasteiger partial charge in [-0.3, -0.25) is 4.79 Å². The minimum Gasteiger partial charge on any atom is -0.353 e. The van der Waals surface area contributed by atoms with Crippen LogP contribution in [0.15, 0.2) is 0 Å². The third kappa shape index (κ3) is 4.52. The van der Waals surface area contributed by atoms with E-state index in [0.29, 0.717) is 6.04 Å². The topological polar surface area (TPSA) is 41.1 Å². The average Bonchev–Trinajstić information content (AvgIpc) is 2.25. The van der Waals surface area contributed by atoms with Gasteiger partial charge in [0, 0.05) is 18.5 Å². The molecule has 0 aromatic rings. The van der Waals surface area contributed by atoms with Gasteiger partial charge in [0.1, 0.15) is 0 Å². The maximum atomic E-state index is 11.9. The zero-order valence-corrected chi connectivity index (χ0v) is 10.9. The van der Waals surface area contributed by atoms with E-state index in [9.17, 15) is 4.79 Å². The van der Waals surface area contributed by atoms with Crippen LogP contribution in [-0.2, 0) is 4.79 Å². The summed E-state index contributed by atoms with van der Waals surface area (Å²) in [6, 6.07) is 0.417. The summed E-state index contributed by atoms with van der Waals surface area (Å²) in [4.78, 5) is 11.9. The van der Waals surface area contributed by atoms with E-state index in [4.69, 9.17) is 0 Å². The second-order valence-electron chi connectivity index (χ2n) is 5.19. The van der Waals surface area contributed by atoms with Crippen molar-refractivity contribution in [2.45, 2.75) is 52.5 Å². The minimum absolute atomic E-state index is 0.0807. The highest BCUT2D eigenvalue weighted by atomic mass is 16.1. The van der Waals surface area contributed by atoms with Gasteiger partial charge < -0.3 is 10.6 Å². The standard InChI is InChI=1S/C13H26N2O/c1-4-14-9-11(3)13(16)15-12-7-5-6-10(2)8-12/h10-12,14H,4-9H2,1-3H3,(H,15,16). The van der Waals surface area contributed by atoms with E-state index in [1.807, 2.05) is 6.92 Å². The zero-order valence-electron chi connectivity index (χ0n) is 10.9. The van der Waals surface area contributed by atoms with Crippen LogP contribution in [0.5, 0.6) is 0 Å². The summed E-state index contributed by atoms with van der Waals surface area (Å²) in [5.41, 5.74) is 0. The van der Waals surface area contributed by atoms with Crippen molar-refractivity contribution in [3.63, 3.8) is 0 Å². The molecule has 2 N–H and O–H groups in total. The predicted molar refractivity (Wildman–Crippen MR) is 67.3 cm³/mol. The fourth-order valence-corrected chi connectivity index (χ4v) is 2.36. The second-order valence-corrected chi connectivity index (χ2v) is 5.19. The van der Waals surface area contributed by atoms with Crippen molar-refractivity contribution in [3.8, 4) is 0 Å². The fraction of sp³-hybridized carbons (Fsp3) is 0.923. The molecule has 0 saturated heterocycles. The Bertz CT molecular complexity index is 218. The number of amides is 1. The molecule has 1 saturated carbocycles. The molecule has 3 nitrogen and oxygen atoms in total. The van der Waals surface area contributed by atoms with Gasteiger partial charge in [0.2, 0.25) is 5.91 Å². The molecule has 1 amide bonds. The third-order valence-corrected chi connectivity index (χ3v) is 3.43. The van der Waals surface area contributed by atoms with E-state index in [2.05, 4.69) is 24.5 Å². The van der Waals surface area contributed by atoms with E-state index in [1.54, 1.807) is 0 Å². The maximum absolute atomic E-state index is 11.9. The summed E-state index contributed by atoms with van der Waals surface area (Å²) in [6.07, 6.45) is 4.89. The van der Waals surface area contributed by atoms with Gasteiger partial charge in [-0.15, -0.1) is 0 Å². The summed E-state index contributed by atoms with van der Waals surface area (Å²) < 4.78 is 0. The van der Waals surface area contributed by atoms with Gasteiger partial charge >= 0.3 is 0 Å². The lowest BCUT2D eigenvalue weighted by atomic mass is 9.87. The Morgan fingerprint density at radius 3 is 2.81 bits per heavy atom. The van der Waals surface area contributed by atoms with E-state index < -0.39 is 0 Å². The molecule has 1 rings (SSSR count). The summed E-state index contributed by atoms with van der Waals surface area (Å²) in [5, 5.41) is 6.39. The largest absolute Gasteiger partial charge is 0.353 e. The SMILES string of the molecule is CCNCC(C)C(=O)NC1CCCC(C)C1. The molecule has 3 unspecified atom stereocenters. The molecule has 0 aromatic carbocycles. The molecule has 0 spiro atoms. The normalized spacial score (nSPS) is 27.4. The Hall–Kier alpha value is -0.570. The Balaban J connectivity index is 2.26. The van der Waals surface area contributed by atoms with Crippen LogP contribution in [0.1, 0.15) is 46.5 Å². The van der Waals surface area contributed by atoms with Crippen LogP contribution in [0.3, 0.4) is 0 Å². The quantitative estimate of drug-likeness (QED) is 0.752. The number of nitrogens with one attached hydrogen (secondary N) is 2. The van der Waals surface area contributed by atoms with Crippen LogP contribution in [0.25, 0.3) is 0 Å². The van der Waals surface area contributed by atoms with Crippen molar-refractivity contribution < 1.29 is 4.79 Å². The van der Waals surface area contributed by atoms with Crippen LogP contribution in [0.4, 0.5) is 0 Å². The van der Waals surface area contributed by atoms with Gasteiger partial charge in [-0.05, 0) is 25.3 Å². The highest BCUT2D eigenvalue weighted by molar-refractivity contribution is 5.78. The van der Waals surface area contributed by atoms with Gasteiger partial charge in [-0.25, -0.2) is 0 Å². The van der Waals surface area contributed by atoms with Crippen LogP contribution < -0.4 is 10.6 Å². The Morgan fingerprint density at radius 2 is 2.19 bits per heavy atom. The molecule has 0 aliphatic heterocycles. The first-order chi connectivity index (χ1) is 7.63. The van der Waals surface area contributed by atoms with Crippen molar-refractivity contribution in [2.24, 2.45) is 11.8 Å². The highest BCUT2D eigenvalue weighted by Crippen LogP contribution is 2.23. The van der Waals surface area contributed by atoms with Crippen molar-refractivity contribution in [2.75, 3.05) is 13.1 Å². The zero-order chi connectivity index (χ0) is 12.0. The average molecular weight is 226 g/mol. The number of hydrogen-bond acceptors (Lipinski definition) is 2. The van der Waals surface area contributed by atoms with Crippen LogP contribution in [0, 0.1) is 11.8 Å². The highest BCUT2D eigenvalue weighted by Gasteiger charge is 2.22. The lowest BCUT2D eigenvalue weighted by molar-refractivity contribution is -0.125. The summed E-state index contributed by atoms with van der Waals surface area (Å²) >= 11 is 0. The Kier molecular flexibility index (Phi) is 5.81. The molecule has 1 aliphatic carbocycles. The second kappa shape index (κ2) is 6.89. The van der Waals surface area contributed by atoms with E-state index in [-0.39, 0.29) is 11.8 Å². The van der Waals surface area contributed by atoms with E-state index >= 15 is 0 Å². The molecule has 1 aliphatic rings. The first-order valence-corrected chi connectivity index (χ1v) is 6.64. The van der Waals surface area contributed by atoms with Crippen molar-refractivity contribution in [1.29, 1.82) is 0 Å². The monoisotopic (exact) mass is 226 g/mol. The Labute approximate surface area is 99.4 Å². The molecule has 0 aromatic heterocycles. The Morgan fingerprint density at radius 1 is 1.44 bits per heavy atom. The summed E-state index contributed by atoms with van der Waals surface area (Å²) in [5.74, 6) is 1.06. The third-order valence-electron chi connectivity index (χ3n) is 3.43. The molecule has 94 valence electrons. The molecule has 0 bridgehead atoms. The molecule has 0 heterocycles. The van der Waals surface area contributed by atoms with Gasteiger partial charge in [0.25, 0.3) is 0 Å². The van der Waals surface area contributed by atoms with Gasteiger partial charge in [-0.2, -0.15) is 0 Å². The fourth-order valence-electron chi connectivity index (χ4n) is 2.36. The number of rotatable bonds is 5. The first-order valence-electron chi connectivity index (χ1n) is 6.64. The molecular formula is C13H26N2O. The van der Waals surface area contributed by atoms with Crippen molar-refractivity contribution in [3.05, 3.63) is 0 Å². The molecule has 3 atom stereocenters. The first kappa shape index (κ1) is 13.5. The molecule has 1 fully saturated rings. The molecule has 3 heteroatoms. The summed E-state index contributed by atoms with van der Waals surface area (Å²) in [7, 11) is 0. The van der Waals surface area contributed by atoms with Gasteiger partial charge in [0.05, 0.1) is 0 Å². The van der Waals surface area contributed by atoms with E-state index in [1.165, 1.54) is 12.8 Å². The maximum Gasteiger partial charge on any atom is 0.224 e. The van der Waals surface area contributed by atoms with E-state index in [0.717, 1.165) is 31.8 Å². The van der Waals surface area contributed by atoms with Gasteiger partial charge in [0.15, 0.2) is 0 Å². The lowest BCUT2D eigenvalue weighted by Crippen LogP contribution is -2.42. The summed E-state index contributed by atoms with van der Waals surface area (Å²) in [6.45, 7) is 8.04. The van der Waals surface area contributed by atoms with Crippen molar-refractivity contribution in [1.82, 2.24) is 10.6 Å². The number of carbonyl (C=O) groups is 1. The van der Waals surface area contributed by atoms with Gasteiger partial charge in [-0.1, -0.05) is 33.6 Å². The predicted octanol–water partition coefficient (Wildman–Crippen LogP) is 1.93. The van der Waals surface area contributed by atoms with Crippen molar-refractivity contribution >= 4 is 5.91 Å². The van der Waals surface area contributed by atoms with Crippen LogP contribution >= 0.6 is 0 Å². The minimum atomic E-state index is 0.0807. The molecule has 16 heavy (non-hydrogen) atoms.